The van der Waals surface area contributed by atoms with E-state index in [2.05, 4.69) is 0 Å². The van der Waals surface area contributed by atoms with E-state index >= 15 is 0 Å². The van der Waals surface area contributed by atoms with Gasteiger partial charge in [-0.2, -0.15) is 0 Å². The third kappa shape index (κ3) is 5.00. The third-order valence-corrected chi connectivity index (χ3v) is 4.21. The smallest absolute Gasteiger partial charge is 0.410 e. The van der Waals surface area contributed by atoms with Crippen molar-refractivity contribution in [3.63, 3.8) is 0 Å². The highest BCUT2D eigenvalue weighted by atomic mass is 16.6. The van der Waals surface area contributed by atoms with Crippen LogP contribution in [0.15, 0.2) is 29.8 Å². The molecule has 142 valence electrons. The Hall–Kier alpha value is -2.50. The minimum atomic E-state index is -0.559. The molecule has 2 rings (SSSR count). The van der Waals surface area contributed by atoms with E-state index in [0.717, 1.165) is 22.5 Å². The number of amides is 1. The molecule has 1 aromatic carbocycles. The fraction of sp³-hybridized carbons (Fsp3) is 0.500. The number of methoxy groups -OCH3 is 1. The average Bonchev–Trinajstić information content (AvgIpc) is 2.59. The first kappa shape index (κ1) is 19.8. The first-order valence-electron chi connectivity index (χ1n) is 8.65. The van der Waals surface area contributed by atoms with Gasteiger partial charge in [0.25, 0.3) is 6.47 Å². The lowest BCUT2D eigenvalue weighted by molar-refractivity contribution is -0.127. The van der Waals surface area contributed by atoms with Crippen LogP contribution in [0, 0.1) is 0 Å². The van der Waals surface area contributed by atoms with Gasteiger partial charge < -0.3 is 19.1 Å². The molecule has 0 saturated heterocycles. The van der Waals surface area contributed by atoms with Crippen molar-refractivity contribution < 1.29 is 23.8 Å². The van der Waals surface area contributed by atoms with Crippen LogP contribution in [-0.4, -0.2) is 49.4 Å². The molecular weight excluding hydrogens is 334 g/mol. The lowest BCUT2D eigenvalue weighted by atomic mass is 9.90. The Balaban J connectivity index is 2.31. The van der Waals surface area contributed by atoms with Gasteiger partial charge in [0.2, 0.25) is 0 Å². The number of rotatable bonds is 5. The van der Waals surface area contributed by atoms with E-state index in [4.69, 9.17) is 14.2 Å². The summed E-state index contributed by atoms with van der Waals surface area (Å²) < 4.78 is 15.7. The van der Waals surface area contributed by atoms with Crippen molar-refractivity contribution in [3.05, 3.63) is 35.4 Å². The summed E-state index contributed by atoms with van der Waals surface area (Å²) in [6.45, 7) is 8.46. The Bertz CT molecular complexity index is 672. The fourth-order valence-electron chi connectivity index (χ4n) is 2.95. The topological polar surface area (TPSA) is 65.1 Å². The van der Waals surface area contributed by atoms with Crippen molar-refractivity contribution in [2.45, 2.75) is 45.8 Å². The second-order valence-electron chi connectivity index (χ2n) is 7.38. The van der Waals surface area contributed by atoms with Crippen LogP contribution >= 0.6 is 0 Å². The SMILES string of the molecule is COc1ccc(C2=C(COC=O)CN(C(=O)OC(C)(C)C)C(C)C2)cc1. The summed E-state index contributed by atoms with van der Waals surface area (Å²) in [4.78, 5) is 24.9. The van der Waals surface area contributed by atoms with E-state index < -0.39 is 5.60 Å². The number of carbonyl (C=O) groups is 2. The standard InChI is InChI=1S/C20H27NO5/c1-14-10-18(15-6-8-17(24-5)9-7-15)16(12-25-13-22)11-21(14)19(23)26-20(2,3)4/h6-9,13-14H,10-12H2,1-5H3. The van der Waals surface area contributed by atoms with Crippen LogP contribution in [0.5, 0.6) is 5.75 Å². The van der Waals surface area contributed by atoms with Crippen molar-refractivity contribution in [3.8, 4) is 5.75 Å². The molecule has 0 radical (unpaired) electrons. The van der Waals surface area contributed by atoms with Crippen molar-refractivity contribution in [1.29, 1.82) is 0 Å². The molecule has 1 amide bonds. The van der Waals surface area contributed by atoms with Gasteiger partial charge in [-0.05, 0) is 63.0 Å². The van der Waals surface area contributed by atoms with Crippen molar-refractivity contribution in [2.75, 3.05) is 20.3 Å². The maximum absolute atomic E-state index is 12.5. The summed E-state index contributed by atoms with van der Waals surface area (Å²) in [5, 5.41) is 0. The predicted molar refractivity (Wildman–Crippen MR) is 98.9 cm³/mol. The van der Waals surface area contributed by atoms with Crippen molar-refractivity contribution >= 4 is 18.1 Å². The Labute approximate surface area is 154 Å². The van der Waals surface area contributed by atoms with Crippen molar-refractivity contribution in [1.82, 2.24) is 4.90 Å². The van der Waals surface area contributed by atoms with Crippen LogP contribution < -0.4 is 4.74 Å². The zero-order valence-corrected chi connectivity index (χ0v) is 16.1. The second-order valence-corrected chi connectivity index (χ2v) is 7.38. The molecule has 0 fully saturated rings. The highest BCUT2D eigenvalue weighted by Gasteiger charge is 2.32. The Kier molecular flexibility index (Phi) is 6.29. The first-order chi connectivity index (χ1) is 12.2. The van der Waals surface area contributed by atoms with Gasteiger partial charge in [0.05, 0.1) is 7.11 Å². The van der Waals surface area contributed by atoms with Gasteiger partial charge in [0.1, 0.15) is 18.0 Å². The number of benzene rings is 1. The lowest BCUT2D eigenvalue weighted by Gasteiger charge is -2.37. The van der Waals surface area contributed by atoms with Gasteiger partial charge in [-0.25, -0.2) is 4.79 Å². The molecule has 0 aliphatic carbocycles. The zero-order valence-electron chi connectivity index (χ0n) is 16.1. The van der Waals surface area contributed by atoms with Gasteiger partial charge in [0.15, 0.2) is 0 Å². The summed E-state index contributed by atoms with van der Waals surface area (Å²) >= 11 is 0. The Morgan fingerprint density at radius 3 is 2.46 bits per heavy atom. The number of ether oxygens (including phenoxy) is 3. The lowest BCUT2D eigenvalue weighted by Crippen LogP contribution is -2.46. The van der Waals surface area contributed by atoms with E-state index in [0.29, 0.717) is 19.4 Å². The molecule has 1 unspecified atom stereocenters. The summed E-state index contributed by atoms with van der Waals surface area (Å²) in [5.41, 5.74) is 2.45. The van der Waals surface area contributed by atoms with Crippen LogP contribution in [0.4, 0.5) is 4.79 Å². The molecule has 0 saturated carbocycles. The number of nitrogens with zero attached hydrogens (tertiary/aromatic N) is 1. The van der Waals surface area contributed by atoms with Crippen LogP contribution in [0.2, 0.25) is 0 Å². The molecule has 1 aliphatic rings. The van der Waals surface area contributed by atoms with E-state index in [9.17, 15) is 9.59 Å². The highest BCUT2D eigenvalue weighted by molar-refractivity contribution is 5.76. The largest absolute Gasteiger partial charge is 0.497 e. The van der Waals surface area contributed by atoms with E-state index in [-0.39, 0.29) is 18.7 Å². The number of hydrogen-bond acceptors (Lipinski definition) is 5. The fourth-order valence-corrected chi connectivity index (χ4v) is 2.95. The van der Waals surface area contributed by atoms with Gasteiger partial charge in [-0.15, -0.1) is 0 Å². The van der Waals surface area contributed by atoms with E-state index in [1.54, 1.807) is 12.0 Å². The minimum Gasteiger partial charge on any atom is -0.497 e. The van der Waals surface area contributed by atoms with Crippen LogP contribution in [0.25, 0.3) is 5.57 Å². The first-order valence-corrected chi connectivity index (χ1v) is 8.65. The summed E-state index contributed by atoms with van der Waals surface area (Å²) in [5.74, 6) is 0.777. The Morgan fingerprint density at radius 1 is 1.27 bits per heavy atom. The van der Waals surface area contributed by atoms with Gasteiger partial charge in [0, 0.05) is 12.6 Å². The molecule has 6 nitrogen and oxygen atoms in total. The maximum Gasteiger partial charge on any atom is 0.410 e. The van der Waals surface area contributed by atoms with E-state index in [1.165, 1.54) is 0 Å². The van der Waals surface area contributed by atoms with Gasteiger partial charge in [-0.3, -0.25) is 4.79 Å². The Morgan fingerprint density at radius 2 is 1.92 bits per heavy atom. The molecule has 1 atom stereocenters. The molecule has 0 aromatic heterocycles. The molecule has 1 aromatic rings. The normalized spacial score (nSPS) is 17.7. The second kappa shape index (κ2) is 8.25. The molecule has 26 heavy (non-hydrogen) atoms. The van der Waals surface area contributed by atoms with Crippen LogP contribution in [0.1, 0.15) is 39.7 Å². The molecular formula is C20H27NO5. The molecule has 1 heterocycles. The van der Waals surface area contributed by atoms with Crippen LogP contribution in [-0.2, 0) is 14.3 Å². The number of carbonyl (C=O) groups excluding carboxylic acids is 2. The quantitative estimate of drug-likeness (QED) is 0.749. The summed E-state index contributed by atoms with van der Waals surface area (Å²) in [7, 11) is 1.62. The summed E-state index contributed by atoms with van der Waals surface area (Å²) in [6, 6.07) is 7.72. The van der Waals surface area contributed by atoms with E-state index in [1.807, 2.05) is 52.0 Å². The molecule has 0 N–H and O–H groups in total. The third-order valence-electron chi connectivity index (χ3n) is 4.21. The van der Waals surface area contributed by atoms with Gasteiger partial charge >= 0.3 is 6.09 Å². The van der Waals surface area contributed by atoms with Crippen LogP contribution in [0.3, 0.4) is 0 Å². The maximum atomic E-state index is 12.5. The van der Waals surface area contributed by atoms with Crippen molar-refractivity contribution in [2.24, 2.45) is 0 Å². The molecule has 0 spiro atoms. The minimum absolute atomic E-state index is 0.0260. The molecule has 0 bridgehead atoms. The monoisotopic (exact) mass is 361 g/mol. The average molecular weight is 361 g/mol. The predicted octanol–water partition coefficient (Wildman–Crippen LogP) is 3.65. The summed E-state index contributed by atoms with van der Waals surface area (Å²) in [6.07, 6.45) is 0.297. The molecule has 1 aliphatic heterocycles. The highest BCUT2D eigenvalue weighted by Crippen LogP contribution is 2.32. The molecule has 6 heteroatoms. The van der Waals surface area contributed by atoms with Gasteiger partial charge in [-0.1, -0.05) is 12.1 Å². The zero-order chi connectivity index (χ0) is 19.3. The number of hydrogen-bond donors (Lipinski definition) is 0.